The Morgan fingerprint density at radius 1 is 0.333 bits per heavy atom. The summed E-state index contributed by atoms with van der Waals surface area (Å²) >= 11 is 0. The molecule has 0 aliphatic carbocycles. The third-order valence-corrected chi connectivity index (χ3v) is 7.98. The molecule has 0 aliphatic heterocycles. The molecule has 0 atom stereocenters. The van der Waals surface area contributed by atoms with E-state index in [1.165, 1.54) is 32.8 Å². The number of aromatic nitrogens is 3. The van der Waals surface area contributed by atoms with Gasteiger partial charge in [0.1, 0.15) is 0 Å². The molecule has 0 spiro atoms. The lowest BCUT2D eigenvalue weighted by atomic mass is 9.89. The molecule has 0 bridgehead atoms. The maximum atomic E-state index is 5.20. The van der Waals surface area contributed by atoms with Gasteiger partial charge in [0.15, 0.2) is 0 Å². The van der Waals surface area contributed by atoms with E-state index in [1.54, 1.807) is 0 Å². The van der Waals surface area contributed by atoms with E-state index in [4.69, 9.17) is 9.97 Å². The van der Waals surface area contributed by atoms with Gasteiger partial charge < -0.3 is 0 Å². The summed E-state index contributed by atoms with van der Waals surface area (Å²) in [4.78, 5) is 14.7. The fourth-order valence-electron chi connectivity index (χ4n) is 6.04. The van der Waals surface area contributed by atoms with Crippen molar-refractivity contribution in [2.45, 2.75) is 0 Å². The molecule has 3 heteroatoms. The Labute approximate surface area is 243 Å². The highest BCUT2D eigenvalue weighted by molar-refractivity contribution is 6.12. The number of para-hydroxylation sites is 2. The molecular weight excluding hydrogens is 510 g/mol. The second-order valence-corrected chi connectivity index (χ2v) is 10.4. The van der Waals surface area contributed by atoms with E-state index in [-0.39, 0.29) is 0 Å². The predicted octanol–water partition coefficient (Wildman–Crippen LogP) is 10.00. The molecule has 2 heterocycles. The molecule has 0 unspecified atom stereocenters. The molecule has 42 heavy (non-hydrogen) atoms. The molecule has 0 fully saturated rings. The van der Waals surface area contributed by atoms with Gasteiger partial charge in [-0.2, -0.15) is 0 Å². The smallest absolute Gasteiger partial charge is 0.0979 e. The van der Waals surface area contributed by atoms with Crippen LogP contribution in [0.4, 0.5) is 0 Å². The normalized spacial score (nSPS) is 11.3. The molecule has 2 aromatic heterocycles. The second kappa shape index (κ2) is 10.1. The summed E-state index contributed by atoms with van der Waals surface area (Å²) in [6.07, 6.45) is 3.75. The molecular formula is C39H25N3. The summed E-state index contributed by atoms with van der Waals surface area (Å²) in [6.45, 7) is 0. The van der Waals surface area contributed by atoms with Gasteiger partial charge in [-0.25, -0.2) is 9.97 Å². The van der Waals surface area contributed by atoms with Crippen LogP contribution in [0, 0.1) is 0 Å². The Balaban J connectivity index is 1.38. The number of fused-ring (bicyclic) bond motifs is 3. The molecule has 0 radical (unpaired) electrons. The van der Waals surface area contributed by atoms with Crippen molar-refractivity contribution in [2.24, 2.45) is 0 Å². The molecule has 3 nitrogen and oxygen atoms in total. The summed E-state index contributed by atoms with van der Waals surface area (Å²) in [5.74, 6) is 0. The minimum absolute atomic E-state index is 0.886. The lowest BCUT2D eigenvalue weighted by Gasteiger charge is -2.16. The molecule has 0 saturated heterocycles. The highest BCUT2D eigenvalue weighted by Crippen LogP contribution is 2.41. The molecule has 0 saturated carbocycles. The van der Waals surface area contributed by atoms with E-state index >= 15 is 0 Å². The molecule has 8 aromatic rings. The highest BCUT2D eigenvalue weighted by Gasteiger charge is 2.17. The first kappa shape index (κ1) is 24.2. The summed E-state index contributed by atoms with van der Waals surface area (Å²) in [5, 5.41) is 4.76. The maximum absolute atomic E-state index is 5.20. The summed E-state index contributed by atoms with van der Waals surface area (Å²) < 4.78 is 0. The summed E-state index contributed by atoms with van der Waals surface area (Å²) in [7, 11) is 0. The van der Waals surface area contributed by atoms with Crippen LogP contribution in [-0.2, 0) is 0 Å². The van der Waals surface area contributed by atoms with Crippen LogP contribution >= 0.6 is 0 Å². The van der Waals surface area contributed by atoms with Crippen molar-refractivity contribution in [1.82, 2.24) is 15.0 Å². The van der Waals surface area contributed by atoms with Crippen molar-refractivity contribution < 1.29 is 0 Å². The monoisotopic (exact) mass is 535 g/mol. The van der Waals surface area contributed by atoms with Gasteiger partial charge in [-0.15, -0.1) is 0 Å². The van der Waals surface area contributed by atoms with Crippen LogP contribution in [-0.4, -0.2) is 15.0 Å². The molecule has 0 amide bonds. The van der Waals surface area contributed by atoms with Crippen LogP contribution in [0.3, 0.4) is 0 Å². The zero-order chi connectivity index (χ0) is 27.9. The van der Waals surface area contributed by atoms with E-state index in [0.717, 1.165) is 44.5 Å². The topological polar surface area (TPSA) is 38.7 Å². The lowest BCUT2D eigenvalue weighted by molar-refractivity contribution is 1.30. The van der Waals surface area contributed by atoms with Gasteiger partial charge in [-0.3, -0.25) is 4.98 Å². The third-order valence-electron chi connectivity index (χ3n) is 7.98. The quantitative estimate of drug-likeness (QED) is 0.225. The van der Waals surface area contributed by atoms with Crippen molar-refractivity contribution >= 4 is 32.6 Å². The fraction of sp³-hybridized carbons (Fsp3) is 0. The summed E-state index contributed by atoms with van der Waals surface area (Å²) in [5.41, 5.74) is 10.4. The van der Waals surface area contributed by atoms with Gasteiger partial charge in [0.05, 0.1) is 22.4 Å². The van der Waals surface area contributed by atoms with Crippen LogP contribution in [0.5, 0.6) is 0 Å². The van der Waals surface area contributed by atoms with Gasteiger partial charge in [0.2, 0.25) is 0 Å². The molecule has 0 aliphatic rings. The van der Waals surface area contributed by atoms with Gasteiger partial charge >= 0.3 is 0 Å². The maximum Gasteiger partial charge on any atom is 0.0979 e. The van der Waals surface area contributed by atoms with E-state index in [9.17, 15) is 0 Å². The van der Waals surface area contributed by atoms with Crippen molar-refractivity contribution in [1.29, 1.82) is 0 Å². The zero-order valence-corrected chi connectivity index (χ0v) is 22.8. The van der Waals surface area contributed by atoms with Crippen LogP contribution < -0.4 is 0 Å². The molecule has 8 rings (SSSR count). The SMILES string of the molecule is c1ccc(-c2nc3ccccc3nc2-c2cccc3c(-c4ccc(-c5cccnc5)c5ccccc45)cccc23)cc1. The van der Waals surface area contributed by atoms with Gasteiger partial charge in [-0.1, -0.05) is 121 Å². The van der Waals surface area contributed by atoms with Crippen molar-refractivity contribution in [3.05, 3.63) is 152 Å². The lowest BCUT2D eigenvalue weighted by Crippen LogP contribution is -1.96. The van der Waals surface area contributed by atoms with Crippen molar-refractivity contribution in [2.75, 3.05) is 0 Å². The van der Waals surface area contributed by atoms with E-state index in [1.807, 2.05) is 48.8 Å². The van der Waals surface area contributed by atoms with Gasteiger partial charge in [0.25, 0.3) is 0 Å². The van der Waals surface area contributed by atoms with E-state index < -0.39 is 0 Å². The largest absolute Gasteiger partial charge is 0.264 e. The van der Waals surface area contributed by atoms with Gasteiger partial charge in [-0.05, 0) is 56.4 Å². The Morgan fingerprint density at radius 2 is 0.857 bits per heavy atom. The van der Waals surface area contributed by atoms with Crippen molar-refractivity contribution in [3.63, 3.8) is 0 Å². The molecule has 0 N–H and O–H groups in total. The minimum atomic E-state index is 0.886. The predicted molar refractivity (Wildman–Crippen MR) is 174 cm³/mol. The first-order chi connectivity index (χ1) is 20.8. The average Bonchev–Trinajstić information content (AvgIpc) is 3.07. The minimum Gasteiger partial charge on any atom is -0.264 e. The van der Waals surface area contributed by atoms with Crippen LogP contribution in [0.25, 0.3) is 77.3 Å². The van der Waals surface area contributed by atoms with E-state index in [2.05, 4.69) is 108 Å². The molecule has 196 valence electrons. The Hall–Kier alpha value is -5.67. The number of rotatable bonds is 4. The van der Waals surface area contributed by atoms with Crippen LogP contribution in [0.15, 0.2) is 152 Å². The number of pyridine rings is 1. The molecule has 6 aromatic carbocycles. The Morgan fingerprint density at radius 3 is 1.57 bits per heavy atom. The average molecular weight is 536 g/mol. The first-order valence-electron chi connectivity index (χ1n) is 14.1. The Kier molecular flexibility index (Phi) is 5.79. The van der Waals surface area contributed by atoms with Crippen LogP contribution in [0.1, 0.15) is 0 Å². The van der Waals surface area contributed by atoms with Gasteiger partial charge in [0, 0.05) is 29.1 Å². The number of nitrogens with zero attached hydrogens (tertiary/aromatic N) is 3. The number of benzene rings is 6. The van der Waals surface area contributed by atoms with Crippen molar-refractivity contribution in [3.8, 4) is 44.8 Å². The number of hydrogen-bond donors (Lipinski definition) is 0. The summed E-state index contributed by atoms with van der Waals surface area (Å²) in [6, 6.07) is 48.8. The first-order valence-corrected chi connectivity index (χ1v) is 14.1. The number of hydrogen-bond acceptors (Lipinski definition) is 3. The fourth-order valence-corrected chi connectivity index (χ4v) is 6.04. The Bertz CT molecular complexity index is 2240. The standard InChI is InChI=1S/C39H25N3/c1-2-11-26(12-3-1)38-39(42-37-21-7-6-20-36(37)41-38)35-19-9-17-31-32(16-8-18-33(31)35)34-23-22-28(27-13-10-24-40-25-27)29-14-4-5-15-30(29)34/h1-25H. The third kappa shape index (κ3) is 4.03. The highest BCUT2D eigenvalue weighted by atomic mass is 14.8. The second-order valence-electron chi connectivity index (χ2n) is 10.4. The zero-order valence-electron chi connectivity index (χ0n) is 22.8. The van der Waals surface area contributed by atoms with E-state index in [0.29, 0.717) is 0 Å². The van der Waals surface area contributed by atoms with Crippen LogP contribution in [0.2, 0.25) is 0 Å².